The number of rotatable bonds is 6. The van der Waals surface area contributed by atoms with E-state index in [2.05, 4.69) is 64.1 Å². The second kappa shape index (κ2) is 10.3. The van der Waals surface area contributed by atoms with E-state index in [0.717, 1.165) is 0 Å². The average molecular weight is 464 g/mol. The summed E-state index contributed by atoms with van der Waals surface area (Å²) in [5, 5.41) is 0. The van der Waals surface area contributed by atoms with Gasteiger partial charge in [0.2, 0.25) is 0 Å². The molecule has 2 aliphatic heterocycles. The first-order valence-corrected chi connectivity index (χ1v) is 12.6. The molecule has 0 amide bonds. The van der Waals surface area contributed by atoms with Gasteiger partial charge in [-0.15, -0.1) is 0 Å². The minimum atomic E-state index is -1.36. The zero-order valence-corrected chi connectivity index (χ0v) is 20.3. The number of benzene rings is 2. The Bertz CT molecular complexity index is 772. The molecule has 2 heterocycles. The molecule has 0 N–H and O–H groups in total. The summed E-state index contributed by atoms with van der Waals surface area (Å²) < 4.78 is 35.4. The number of hydrogen-bond acceptors (Lipinski definition) is 6. The molecule has 2 saturated heterocycles. The second-order valence-corrected chi connectivity index (χ2v) is 10.8. The van der Waals surface area contributed by atoms with Gasteiger partial charge in [-0.25, -0.2) is 0 Å². The van der Waals surface area contributed by atoms with E-state index >= 15 is 0 Å². The largest absolute Gasteiger partial charge is 0.333 e. The third-order valence-electron chi connectivity index (χ3n) is 5.82. The number of aryl methyl sites for hydroxylation is 4. The van der Waals surface area contributed by atoms with Gasteiger partial charge >= 0.3 is 17.2 Å². The average Bonchev–Trinajstić information content (AvgIpc) is 2.76. The fourth-order valence-corrected chi connectivity index (χ4v) is 6.05. The van der Waals surface area contributed by atoms with Crippen LogP contribution >= 0.6 is 17.2 Å². The highest BCUT2D eigenvalue weighted by Crippen LogP contribution is 2.53. The zero-order chi connectivity index (χ0) is 21.8. The maximum absolute atomic E-state index is 5.91. The van der Waals surface area contributed by atoms with Crippen LogP contribution in [-0.2, 0) is 40.4 Å². The van der Waals surface area contributed by atoms with Gasteiger partial charge in [-0.2, -0.15) is 0 Å². The molecule has 0 aromatic heterocycles. The van der Waals surface area contributed by atoms with Crippen molar-refractivity contribution in [2.75, 3.05) is 26.4 Å². The lowest BCUT2D eigenvalue weighted by molar-refractivity contribution is -0.0772. The Kier molecular flexibility index (Phi) is 7.74. The summed E-state index contributed by atoms with van der Waals surface area (Å²) in [5.74, 6) is 0. The van der Waals surface area contributed by atoms with Crippen molar-refractivity contribution in [1.29, 1.82) is 0 Å². The van der Waals surface area contributed by atoms with E-state index in [1.54, 1.807) is 0 Å². The molecular formula is C23H30O6P2. The highest BCUT2D eigenvalue weighted by molar-refractivity contribution is 7.42. The minimum absolute atomic E-state index is 0.304. The Balaban J connectivity index is 1.21. The molecule has 0 unspecified atom stereocenters. The van der Waals surface area contributed by atoms with E-state index in [1.165, 1.54) is 33.4 Å². The van der Waals surface area contributed by atoms with E-state index in [1.807, 2.05) is 0 Å². The molecular weight excluding hydrogens is 434 g/mol. The van der Waals surface area contributed by atoms with Crippen LogP contribution in [0.15, 0.2) is 36.4 Å². The van der Waals surface area contributed by atoms with Crippen LogP contribution in [0.25, 0.3) is 0 Å². The Morgan fingerprint density at radius 2 is 0.968 bits per heavy atom. The highest BCUT2D eigenvalue weighted by Gasteiger charge is 2.44. The molecule has 2 fully saturated rings. The number of hydrogen-bond donors (Lipinski definition) is 0. The Labute approximate surface area is 187 Å². The molecule has 0 bridgehead atoms. The second-order valence-electron chi connectivity index (χ2n) is 8.33. The minimum Gasteiger partial charge on any atom is -0.311 e. The third kappa shape index (κ3) is 5.71. The van der Waals surface area contributed by atoms with Crippen molar-refractivity contribution in [2.24, 2.45) is 5.41 Å². The molecule has 2 aromatic carbocycles. The standard InChI is InChI=1S/C23H30O6P2/c1-17-7-5-8-18(2)21(17)11-24-30-26-13-23(14-27-30)15-28-31(29-16-23)25-12-22-19(3)9-6-10-20(22)4/h5-10H,11-16H2,1-4H3. The lowest BCUT2D eigenvalue weighted by Crippen LogP contribution is -2.44. The van der Waals surface area contributed by atoms with Gasteiger partial charge in [0.05, 0.1) is 45.1 Å². The maximum atomic E-state index is 5.91. The lowest BCUT2D eigenvalue weighted by atomic mass is 9.93. The summed E-state index contributed by atoms with van der Waals surface area (Å²) in [4.78, 5) is 0. The maximum Gasteiger partial charge on any atom is 0.333 e. The topological polar surface area (TPSA) is 55.4 Å². The van der Waals surface area contributed by atoms with E-state index in [0.29, 0.717) is 39.6 Å². The van der Waals surface area contributed by atoms with Crippen LogP contribution in [0.1, 0.15) is 33.4 Å². The molecule has 6 nitrogen and oxygen atoms in total. The van der Waals surface area contributed by atoms with Gasteiger partial charge < -0.3 is 27.1 Å². The van der Waals surface area contributed by atoms with Crippen molar-refractivity contribution >= 4 is 17.2 Å². The van der Waals surface area contributed by atoms with Gasteiger partial charge in [-0.1, -0.05) is 36.4 Å². The van der Waals surface area contributed by atoms with Crippen molar-refractivity contribution in [3.05, 3.63) is 69.8 Å². The van der Waals surface area contributed by atoms with Gasteiger partial charge in [-0.05, 0) is 61.1 Å². The molecule has 168 valence electrons. The third-order valence-corrected chi connectivity index (χ3v) is 7.86. The SMILES string of the molecule is Cc1cccc(C)c1COP1OCC2(CO1)COP(OCc1c(C)cccc1C)OC2. The Morgan fingerprint density at radius 1 is 0.645 bits per heavy atom. The van der Waals surface area contributed by atoms with Crippen LogP contribution < -0.4 is 0 Å². The normalized spacial score (nSPS) is 26.3. The molecule has 31 heavy (non-hydrogen) atoms. The van der Waals surface area contributed by atoms with Gasteiger partial charge in [0.25, 0.3) is 0 Å². The predicted molar refractivity (Wildman–Crippen MR) is 121 cm³/mol. The monoisotopic (exact) mass is 464 g/mol. The van der Waals surface area contributed by atoms with E-state index in [9.17, 15) is 0 Å². The summed E-state index contributed by atoms with van der Waals surface area (Å²) in [6, 6.07) is 12.5. The molecule has 0 radical (unpaired) electrons. The van der Waals surface area contributed by atoms with Gasteiger partial charge in [-0.3, -0.25) is 0 Å². The summed E-state index contributed by atoms with van der Waals surface area (Å²) in [5.41, 5.74) is 6.93. The van der Waals surface area contributed by atoms with Crippen LogP contribution in [0.2, 0.25) is 0 Å². The van der Waals surface area contributed by atoms with Crippen molar-refractivity contribution in [1.82, 2.24) is 0 Å². The van der Waals surface area contributed by atoms with Crippen LogP contribution in [0.5, 0.6) is 0 Å². The van der Waals surface area contributed by atoms with Crippen LogP contribution in [-0.4, -0.2) is 26.4 Å². The Hall–Kier alpha value is -0.940. The molecule has 0 atom stereocenters. The summed E-state index contributed by atoms with van der Waals surface area (Å²) in [6.07, 6.45) is 0. The first kappa shape index (κ1) is 23.2. The van der Waals surface area contributed by atoms with Crippen molar-refractivity contribution in [2.45, 2.75) is 40.9 Å². The predicted octanol–water partition coefficient (Wildman–Crippen LogP) is 6.19. The first-order valence-electron chi connectivity index (χ1n) is 10.4. The molecule has 8 heteroatoms. The summed E-state index contributed by atoms with van der Waals surface area (Å²) >= 11 is 0. The fraction of sp³-hybridized carbons (Fsp3) is 0.478. The van der Waals surface area contributed by atoms with Crippen LogP contribution in [0, 0.1) is 33.1 Å². The molecule has 4 rings (SSSR count). The molecule has 2 aromatic rings. The zero-order valence-electron chi connectivity index (χ0n) is 18.6. The molecule has 0 saturated carbocycles. The van der Waals surface area contributed by atoms with Crippen molar-refractivity contribution in [3.63, 3.8) is 0 Å². The van der Waals surface area contributed by atoms with Crippen molar-refractivity contribution < 1.29 is 27.1 Å². The summed E-state index contributed by atoms with van der Waals surface area (Å²) in [6.45, 7) is 11.3. The van der Waals surface area contributed by atoms with Gasteiger partial charge in [0, 0.05) is 0 Å². The molecule has 1 spiro atoms. The van der Waals surface area contributed by atoms with E-state index < -0.39 is 17.2 Å². The lowest BCUT2D eigenvalue weighted by Gasteiger charge is -2.41. The fourth-order valence-electron chi connectivity index (χ4n) is 3.62. The van der Waals surface area contributed by atoms with E-state index in [4.69, 9.17) is 27.1 Å². The van der Waals surface area contributed by atoms with Crippen LogP contribution in [0.3, 0.4) is 0 Å². The van der Waals surface area contributed by atoms with Crippen LogP contribution in [0.4, 0.5) is 0 Å². The quantitative estimate of drug-likeness (QED) is 0.476. The summed E-state index contributed by atoms with van der Waals surface area (Å²) in [7, 11) is -2.73. The first-order chi connectivity index (χ1) is 15.0. The molecule has 2 aliphatic rings. The smallest absolute Gasteiger partial charge is 0.311 e. The van der Waals surface area contributed by atoms with Crippen molar-refractivity contribution in [3.8, 4) is 0 Å². The molecule has 0 aliphatic carbocycles. The van der Waals surface area contributed by atoms with Gasteiger partial charge in [0.1, 0.15) is 0 Å². The van der Waals surface area contributed by atoms with E-state index in [-0.39, 0.29) is 5.41 Å². The van der Waals surface area contributed by atoms with Gasteiger partial charge in [0.15, 0.2) is 0 Å². The Morgan fingerprint density at radius 3 is 1.29 bits per heavy atom. The highest BCUT2D eigenvalue weighted by atomic mass is 31.2.